The van der Waals surface area contributed by atoms with Gasteiger partial charge in [-0.25, -0.2) is 14.8 Å². The van der Waals surface area contributed by atoms with E-state index in [0.29, 0.717) is 29.2 Å². The Bertz CT molecular complexity index is 1220. The summed E-state index contributed by atoms with van der Waals surface area (Å²) in [4.78, 5) is 53.3. The van der Waals surface area contributed by atoms with Crippen molar-refractivity contribution >= 4 is 46.5 Å². The molecule has 34 heavy (non-hydrogen) atoms. The maximum Gasteiger partial charge on any atom is 0.326 e. The fourth-order valence-corrected chi connectivity index (χ4v) is 3.18. The molecule has 6 N–H and O–H groups in total. The summed E-state index contributed by atoms with van der Waals surface area (Å²) in [5.41, 5.74) is 8.23. The molecule has 3 aromatic rings. The Labute approximate surface area is 194 Å². The molecular weight excluding hydrogens is 444 g/mol. The molecule has 2 heterocycles. The molecule has 0 fully saturated rings. The van der Waals surface area contributed by atoms with Crippen molar-refractivity contribution in [1.82, 2.24) is 25.3 Å². The molecule has 3 rings (SSSR count). The lowest BCUT2D eigenvalue weighted by Gasteiger charge is -2.19. The van der Waals surface area contributed by atoms with Crippen molar-refractivity contribution in [2.45, 2.75) is 25.4 Å². The van der Waals surface area contributed by atoms with Gasteiger partial charge in [0.1, 0.15) is 6.04 Å². The van der Waals surface area contributed by atoms with Gasteiger partial charge >= 0.3 is 11.9 Å². The van der Waals surface area contributed by atoms with E-state index in [0.717, 1.165) is 5.69 Å². The molecule has 0 aliphatic rings. The summed E-state index contributed by atoms with van der Waals surface area (Å²) in [5.74, 6) is -2.47. The highest BCUT2D eigenvalue weighted by Gasteiger charge is 2.21. The zero-order valence-electron chi connectivity index (χ0n) is 18.5. The van der Waals surface area contributed by atoms with Crippen molar-refractivity contribution in [1.29, 1.82) is 0 Å². The fraction of sp³-hybridized carbons (Fsp3) is 0.286. The Morgan fingerprint density at radius 2 is 1.82 bits per heavy atom. The molecule has 0 bridgehead atoms. The molecule has 1 aromatic carbocycles. The second-order valence-corrected chi connectivity index (χ2v) is 7.41. The Balaban J connectivity index is 1.69. The summed E-state index contributed by atoms with van der Waals surface area (Å²) in [5, 5.41) is 23.2. The van der Waals surface area contributed by atoms with Crippen LogP contribution in [0.15, 0.2) is 30.5 Å². The second-order valence-electron chi connectivity index (χ2n) is 7.41. The molecule has 1 amide bonds. The summed E-state index contributed by atoms with van der Waals surface area (Å²) in [7, 11) is 3.54. The normalized spacial score (nSPS) is 11.6. The van der Waals surface area contributed by atoms with Crippen molar-refractivity contribution in [3.63, 3.8) is 0 Å². The molecule has 0 spiro atoms. The van der Waals surface area contributed by atoms with E-state index in [9.17, 15) is 19.5 Å². The van der Waals surface area contributed by atoms with Crippen LogP contribution in [0.5, 0.6) is 0 Å². The molecule has 1 atom stereocenters. The third-order valence-electron chi connectivity index (χ3n) is 4.93. The van der Waals surface area contributed by atoms with Gasteiger partial charge < -0.3 is 31.5 Å². The minimum atomic E-state index is -1.29. The maximum atomic E-state index is 12.4. The number of aromatic nitrogens is 4. The number of hydrogen-bond acceptors (Lipinski definition) is 10. The van der Waals surface area contributed by atoms with Crippen LogP contribution in [0, 0.1) is 0 Å². The topological polar surface area (TPSA) is 197 Å². The van der Waals surface area contributed by atoms with E-state index in [1.165, 1.54) is 0 Å². The van der Waals surface area contributed by atoms with E-state index in [1.807, 2.05) is 11.9 Å². The first kappa shape index (κ1) is 24.1. The van der Waals surface area contributed by atoms with Gasteiger partial charge in [0, 0.05) is 31.8 Å². The Morgan fingerprint density at radius 3 is 2.44 bits per heavy atom. The van der Waals surface area contributed by atoms with Crippen LogP contribution in [0.25, 0.3) is 11.2 Å². The molecule has 0 aliphatic carbocycles. The largest absolute Gasteiger partial charge is 0.481 e. The number of carbonyl (C=O) groups excluding carboxylic acids is 1. The number of amides is 1. The number of carboxylic acids is 2. The molecule has 13 nitrogen and oxygen atoms in total. The van der Waals surface area contributed by atoms with Crippen LogP contribution in [0.4, 0.5) is 17.5 Å². The number of carbonyl (C=O) groups is 3. The van der Waals surface area contributed by atoms with Crippen molar-refractivity contribution in [2.75, 3.05) is 30.0 Å². The average Bonchev–Trinajstić information content (AvgIpc) is 2.80. The molecule has 0 unspecified atom stereocenters. The molecule has 13 heteroatoms. The summed E-state index contributed by atoms with van der Waals surface area (Å²) in [6.07, 6.45) is 1.01. The molecule has 0 saturated heterocycles. The maximum absolute atomic E-state index is 12.4. The van der Waals surface area contributed by atoms with Crippen molar-refractivity contribution < 1.29 is 24.6 Å². The third-order valence-corrected chi connectivity index (χ3v) is 4.93. The lowest BCUT2D eigenvalue weighted by molar-refractivity contribution is -0.140. The van der Waals surface area contributed by atoms with Crippen LogP contribution in [-0.4, -0.2) is 68.1 Å². The molecule has 2 aromatic heterocycles. The number of carboxylic acid groups (broad SMARTS) is 2. The van der Waals surface area contributed by atoms with Gasteiger partial charge in [-0.1, -0.05) is 0 Å². The zero-order chi connectivity index (χ0) is 24.8. The number of aliphatic carboxylic acids is 2. The van der Waals surface area contributed by atoms with E-state index in [-0.39, 0.29) is 24.4 Å². The fourth-order valence-electron chi connectivity index (χ4n) is 3.18. The van der Waals surface area contributed by atoms with Crippen LogP contribution in [0.3, 0.4) is 0 Å². The van der Waals surface area contributed by atoms with E-state index in [1.54, 1.807) is 37.5 Å². The van der Waals surface area contributed by atoms with Crippen LogP contribution in [0.2, 0.25) is 0 Å². The smallest absolute Gasteiger partial charge is 0.326 e. The van der Waals surface area contributed by atoms with Gasteiger partial charge in [-0.2, -0.15) is 9.97 Å². The Kier molecular flexibility index (Phi) is 7.36. The zero-order valence-corrected chi connectivity index (χ0v) is 18.5. The lowest BCUT2D eigenvalue weighted by atomic mass is 10.1. The van der Waals surface area contributed by atoms with Gasteiger partial charge in [0.05, 0.1) is 18.4 Å². The summed E-state index contributed by atoms with van der Waals surface area (Å²) >= 11 is 0. The number of hydrogen-bond donors (Lipinski definition) is 5. The van der Waals surface area contributed by atoms with Gasteiger partial charge in [-0.3, -0.25) is 9.59 Å². The SMILES string of the molecule is CNc1nc(N)nc2ncc(CN(C)c3ccc(C(=O)N[C@@H](CCC(=O)O)C(=O)O)cc3)nc12. The third kappa shape index (κ3) is 5.82. The molecule has 0 radical (unpaired) electrons. The summed E-state index contributed by atoms with van der Waals surface area (Å²) in [6.45, 7) is 0.401. The lowest BCUT2D eigenvalue weighted by Crippen LogP contribution is -2.41. The minimum absolute atomic E-state index is 0.0942. The van der Waals surface area contributed by atoms with Crippen LogP contribution in [-0.2, 0) is 16.1 Å². The van der Waals surface area contributed by atoms with Gasteiger partial charge in [0.15, 0.2) is 17.0 Å². The van der Waals surface area contributed by atoms with Crippen LogP contribution >= 0.6 is 0 Å². The average molecular weight is 468 g/mol. The van der Waals surface area contributed by atoms with Crippen molar-refractivity contribution in [2.24, 2.45) is 0 Å². The van der Waals surface area contributed by atoms with Gasteiger partial charge in [-0.15, -0.1) is 0 Å². The second kappa shape index (κ2) is 10.4. The first-order valence-electron chi connectivity index (χ1n) is 10.2. The standard InChI is InChI=1S/C21H24N8O5/c1-23-17-16-18(28-21(22)27-17)24-9-12(25-16)10-29(2)13-5-3-11(4-6-13)19(32)26-14(20(33)34)7-8-15(30)31/h3-6,9,14H,7-8,10H2,1-2H3,(H,26,32)(H,30,31)(H,33,34)(H3,22,23,24,27,28)/t14-/m0/s1. The highest BCUT2D eigenvalue weighted by atomic mass is 16.4. The Morgan fingerprint density at radius 1 is 1.12 bits per heavy atom. The Hall–Kier alpha value is -4.55. The summed E-state index contributed by atoms with van der Waals surface area (Å²) < 4.78 is 0. The number of nitrogens with zero attached hydrogens (tertiary/aromatic N) is 5. The number of nitrogen functional groups attached to an aromatic ring is 1. The monoisotopic (exact) mass is 468 g/mol. The predicted molar refractivity (Wildman–Crippen MR) is 123 cm³/mol. The van der Waals surface area contributed by atoms with Gasteiger partial charge in [0.25, 0.3) is 5.91 Å². The van der Waals surface area contributed by atoms with Crippen molar-refractivity contribution in [3.8, 4) is 0 Å². The molecular formula is C21H24N8O5. The molecule has 0 aliphatic heterocycles. The van der Waals surface area contributed by atoms with Gasteiger partial charge in [-0.05, 0) is 30.7 Å². The number of fused-ring (bicyclic) bond motifs is 1. The number of nitrogens with one attached hydrogen (secondary N) is 2. The highest BCUT2D eigenvalue weighted by molar-refractivity contribution is 5.97. The van der Waals surface area contributed by atoms with E-state index in [2.05, 4.69) is 30.6 Å². The van der Waals surface area contributed by atoms with Crippen LogP contribution in [0.1, 0.15) is 28.9 Å². The first-order chi connectivity index (χ1) is 16.2. The number of benzene rings is 1. The highest BCUT2D eigenvalue weighted by Crippen LogP contribution is 2.20. The number of rotatable bonds is 10. The van der Waals surface area contributed by atoms with E-state index >= 15 is 0 Å². The van der Waals surface area contributed by atoms with Crippen LogP contribution < -0.4 is 21.3 Å². The summed E-state index contributed by atoms with van der Waals surface area (Å²) in [6, 6.07) is 5.23. The predicted octanol–water partition coefficient (Wildman–Crippen LogP) is 0.728. The minimum Gasteiger partial charge on any atom is -0.481 e. The molecule has 0 saturated carbocycles. The van der Waals surface area contributed by atoms with Gasteiger partial charge in [0.2, 0.25) is 5.95 Å². The van der Waals surface area contributed by atoms with E-state index < -0.39 is 23.9 Å². The molecule has 178 valence electrons. The number of nitrogens with two attached hydrogens (primary N) is 1. The first-order valence-corrected chi connectivity index (χ1v) is 10.2. The number of anilines is 3. The quantitative estimate of drug-likeness (QED) is 0.280. The van der Waals surface area contributed by atoms with E-state index in [4.69, 9.17) is 10.8 Å². The van der Waals surface area contributed by atoms with Crippen molar-refractivity contribution in [3.05, 3.63) is 41.7 Å².